The van der Waals surface area contributed by atoms with Gasteiger partial charge in [0.1, 0.15) is 5.75 Å². The molecule has 2 aromatic carbocycles. The molecule has 1 heterocycles. The lowest BCUT2D eigenvalue weighted by atomic mass is 9.99. The summed E-state index contributed by atoms with van der Waals surface area (Å²) < 4.78 is 38.5. The molecule has 0 radical (unpaired) electrons. The summed E-state index contributed by atoms with van der Waals surface area (Å²) in [6.07, 6.45) is -2.97. The van der Waals surface area contributed by atoms with Gasteiger partial charge < -0.3 is 5.11 Å². The number of nitrogens with one attached hydrogen (secondary N) is 1. The zero-order valence-electron chi connectivity index (χ0n) is 11.2. The molecule has 0 aliphatic carbocycles. The Labute approximate surface area is 124 Å². The second-order valence-corrected chi connectivity index (χ2v) is 4.75. The van der Waals surface area contributed by atoms with E-state index in [9.17, 15) is 18.3 Å². The molecule has 0 spiro atoms. The van der Waals surface area contributed by atoms with E-state index in [-0.39, 0.29) is 5.75 Å². The smallest absolute Gasteiger partial charge is 0.416 e. The van der Waals surface area contributed by atoms with Crippen molar-refractivity contribution in [3.8, 4) is 28.1 Å². The van der Waals surface area contributed by atoms with Gasteiger partial charge in [0.2, 0.25) is 0 Å². The van der Waals surface area contributed by atoms with Crippen LogP contribution in [-0.4, -0.2) is 15.3 Å². The number of para-hydroxylation sites is 1. The highest BCUT2D eigenvalue weighted by molar-refractivity contribution is 5.83. The lowest BCUT2D eigenvalue weighted by Gasteiger charge is -2.09. The van der Waals surface area contributed by atoms with E-state index in [0.717, 1.165) is 12.1 Å². The predicted octanol–water partition coefficient (Wildman–Crippen LogP) is 4.47. The van der Waals surface area contributed by atoms with Crippen molar-refractivity contribution < 1.29 is 18.3 Å². The molecule has 2 N–H and O–H groups in total. The summed E-state index contributed by atoms with van der Waals surface area (Å²) in [5.74, 6) is 0.0278. The number of rotatable bonds is 2. The standard InChI is InChI=1S/C16H11F3N2O/c17-16(18,19)11-5-3-4-10(8-11)13-9-20-21-15(13)12-6-1-2-7-14(12)22/h1-9,22H,(H,20,21). The fraction of sp³-hybridized carbons (Fsp3) is 0.0625. The fourth-order valence-electron chi connectivity index (χ4n) is 2.26. The maximum atomic E-state index is 12.8. The molecule has 22 heavy (non-hydrogen) atoms. The van der Waals surface area contributed by atoms with Crippen molar-refractivity contribution >= 4 is 0 Å². The van der Waals surface area contributed by atoms with Gasteiger partial charge in [0.05, 0.1) is 17.5 Å². The quantitative estimate of drug-likeness (QED) is 0.734. The Bertz CT molecular complexity index is 809. The highest BCUT2D eigenvalue weighted by Crippen LogP contribution is 2.37. The van der Waals surface area contributed by atoms with Gasteiger partial charge in [0.15, 0.2) is 0 Å². The minimum Gasteiger partial charge on any atom is -0.507 e. The van der Waals surface area contributed by atoms with Crippen molar-refractivity contribution in [2.75, 3.05) is 0 Å². The Hall–Kier alpha value is -2.76. The molecule has 1 aromatic heterocycles. The molecule has 3 rings (SSSR count). The summed E-state index contributed by atoms with van der Waals surface area (Å²) in [6.45, 7) is 0. The van der Waals surface area contributed by atoms with Gasteiger partial charge in [-0.05, 0) is 29.8 Å². The lowest BCUT2D eigenvalue weighted by molar-refractivity contribution is -0.137. The van der Waals surface area contributed by atoms with Crippen LogP contribution in [0.5, 0.6) is 5.75 Å². The molecule has 0 atom stereocenters. The van der Waals surface area contributed by atoms with Crippen LogP contribution in [0.3, 0.4) is 0 Å². The number of nitrogens with zero attached hydrogens (tertiary/aromatic N) is 1. The second-order valence-electron chi connectivity index (χ2n) is 4.75. The first kappa shape index (κ1) is 14.2. The van der Waals surface area contributed by atoms with Gasteiger partial charge in [-0.15, -0.1) is 0 Å². The van der Waals surface area contributed by atoms with E-state index in [0.29, 0.717) is 22.4 Å². The first-order chi connectivity index (χ1) is 10.5. The number of hydrogen-bond donors (Lipinski definition) is 2. The topological polar surface area (TPSA) is 48.9 Å². The van der Waals surface area contributed by atoms with E-state index in [1.54, 1.807) is 24.3 Å². The minimum atomic E-state index is -4.41. The number of benzene rings is 2. The van der Waals surface area contributed by atoms with Gasteiger partial charge in [-0.3, -0.25) is 5.10 Å². The van der Waals surface area contributed by atoms with Crippen LogP contribution in [0.2, 0.25) is 0 Å². The summed E-state index contributed by atoms with van der Waals surface area (Å²) in [6, 6.07) is 11.6. The van der Waals surface area contributed by atoms with Crippen molar-refractivity contribution in [2.24, 2.45) is 0 Å². The van der Waals surface area contributed by atoms with E-state index in [4.69, 9.17) is 0 Å². The van der Waals surface area contributed by atoms with Crippen LogP contribution in [-0.2, 0) is 6.18 Å². The number of alkyl halides is 3. The number of aromatic amines is 1. The molecule has 112 valence electrons. The maximum absolute atomic E-state index is 12.8. The summed E-state index contributed by atoms with van der Waals surface area (Å²) in [7, 11) is 0. The largest absolute Gasteiger partial charge is 0.507 e. The van der Waals surface area contributed by atoms with Crippen LogP contribution >= 0.6 is 0 Å². The average molecular weight is 304 g/mol. The van der Waals surface area contributed by atoms with Crippen LogP contribution < -0.4 is 0 Å². The molecule has 0 saturated heterocycles. The Morgan fingerprint density at radius 3 is 2.45 bits per heavy atom. The number of halogens is 3. The van der Waals surface area contributed by atoms with E-state index < -0.39 is 11.7 Å². The van der Waals surface area contributed by atoms with Crippen molar-refractivity contribution in [3.05, 3.63) is 60.3 Å². The third kappa shape index (κ3) is 2.55. The van der Waals surface area contributed by atoms with Crippen LogP contribution in [0.25, 0.3) is 22.4 Å². The maximum Gasteiger partial charge on any atom is 0.416 e. The number of phenolic OH excluding ortho intramolecular Hbond substituents is 1. The normalized spacial score (nSPS) is 11.6. The average Bonchev–Trinajstić information content (AvgIpc) is 2.96. The molecule has 0 bridgehead atoms. The molecule has 0 aliphatic rings. The van der Waals surface area contributed by atoms with Crippen LogP contribution in [0.4, 0.5) is 13.2 Å². The van der Waals surface area contributed by atoms with Crippen LogP contribution in [0.15, 0.2) is 54.7 Å². The number of phenols is 1. The number of aromatic nitrogens is 2. The Morgan fingerprint density at radius 1 is 0.955 bits per heavy atom. The van der Waals surface area contributed by atoms with Crippen molar-refractivity contribution in [1.82, 2.24) is 10.2 Å². The Morgan fingerprint density at radius 2 is 1.73 bits per heavy atom. The van der Waals surface area contributed by atoms with Gasteiger partial charge >= 0.3 is 6.18 Å². The molecular formula is C16H11F3N2O. The zero-order chi connectivity index (χ0) is 15.7. The van der Waals surface area contributed by atoms with Crippen molar-refractivity contribution in [2.45, 2.75) is 6.18 Å². The summed E-state index contributed by atoms with van der Waals surface area (Å²) in [5, 5.41) is 16.5. The van der Waals surface area contributed by atoms with E-state index >= 15 is 0 Å². The molecule has 0 aliphatic heterocycles. The van der Waals surface area contributed by atoms with Crippen LogP contribution in [0, 0.1) is 0 Å². The third-order valence-electron chi connectivity index (χ3n) is 3.31. The molecule has 0 saturated carbocycles. The minimum absolute atomic E-state index is 0.0278. The monoisotopic (exact) mass is 304 g/mol. The third-order valence-corrected chi connectivity index (χ3v) is 3.31. The fourth-order valence-corrected chi connectivity index (χ4v) is 2.26. The Balaban J connectivity index is 2.12. The second kappa shape index (κ2) is 5.22. The number of hydrogen-bond acceptors (Lipinski definition) is 2. The molecule has 3 aromatic rings. The molecule has 3 nitrogen and oxygen atoms in total. The first-order valence-corrected chi connectivity index (χ1v) is 6.46. The zero-order valence-corrected chi connectivity index (χ0v) is 11.2. The predicted molar refractivity (Wildman–Crippen MR) is 76.1 cm³/mol. The summed E-state index contributed by atoms with van der Waals surface area (Å²) in [5.41, 5.74) is 1.09. The summed E-state index contributed by atoms with van der Waals surface area (Å²) >= 11 is 0. The van der Waals surface area contributed by atoms with Gasteiger partial charge in [0.25, 0.3) is 0 Å². The molecular weight excluding hydrogens is 293 g/mol. The highest BCUT2D eigenvalue weighted by Gasteiger charge is 2.30. The van der Waals surface area contributed by atoms with Crippen LogP contribution in [0.1, 0.15) is 5.56 Å². The van der Waals surface area contributed by atoms with Crippen molar-refractivity contribution in [1.29, 1.82) is 0 Å². The van der Waals surface area contributed by atoms with E-state index in [2.05, 4.69) is 10.2 Å². The molecule has 0 unspecified atom stereocenters. The van der Waals surface area contributed by atoms with Crippen molar-refractivity contribution in [3.63, 3.8) is 0 Å². The Kier molecular flexibility index (Phi) is 3.36. The van der Waals surface area contributed by atoms with Gasteiger partial charge in [-0.2, -0.15) is 18.3 Å². The molecule has 0 amide bonds. The highest BCUT2D eigenvalue weighted by atomic mass is 19.4. The first-order valence-electron chi connectivity index (χ1n) is 6.46. The molecule has 0 fully saturated rings. The summed E-state index contributed by atoms with van der Waals surface area (Å²) in [4.78, 5) is 0. The SMILES string of the molecule is Oc1ccccc1-c1[nH]ncc1-c1cccc(C(F)(F)F)c1. The van der Waals surface area contributed by atoms with Gasteiger partial charge in [0, 0.05) is 11.1 Å². The number of H-pyrrole nitrogens is 1. The van der Waals surface area contributed by atoms with E-state index in [1.807, 2.05) is 0 Å². The van der Waals surface area contributed by atoms with Gasteiger partial charge in [-0.1, -0.05) is 24.3 Å². The molecule has 6 heteroatoms. The van der Waals surface area contributed by atoms with Gasteiger partial charge in [-0.25, -0.2) is 0 Å². The van der Waals surface area contributed by atoms with E-state index in [1.165, 1.54) is 18.3 Å². The lowest BCUT2D eigenvalue weighted by Crippen LogP contribution is -2.04. The number of aromatic hydroxyl groups is 1.